The highest BCUT2D eigenvalue weighted by atomic mass is 16.2. The molecule has 0 bridgehead atoms. The Bertz CT molecular complexity index is 849. The Morgan fingerprint density at radius 3 is 2.38 bits per heavy atom. The van der Waals surface area contributed by atoms with Crippen LogP contribution >= 0.6 is 0 Å². The monoisotopic (exact) mass is 356 g/mol. The van der Waals surface area contributed by atoms with Crippen LogP contribution in [0.25, 0.3) is 0 Å². The fraction of sp³-hybridized carbons (Fsp3) is 0.450. The molecule has 0 saturated carbocycles. The minimum absolute atomic E-state index is 0.355. The van der Waals surface area contributed by atoms with Crippen LogP contribution in [-0.2, 0) is 19.9 Å². The summed E-state index contributed by atoms with van der Waals surface area (Å²) in [4.78, 5) is 26.3. The van der Waals surface area contributed by atoms with Crippen molar-refractivity contribution in [2.24, 2.45) is 12.1 Å². The molecule has 1 aromatic heterocycles. The average molecular weight is 356 g/mol. The molecular weight excluding hydrogens is 328 g/mol. The van der Waals surface area contributed by atoms with E-state index >= 15 is 0 Å². The Morgan fingerprint density at radius 1 is 1.08 bits per heavy atom. The van der Waals surface area contributed by atoms with Gasteiger partial charge in [-0.05, 0) is 42.5 Å². The van der Waals surface area contributed by atoms with Crippen LogP contribution in [0.3, 0.4) is 0 Å². The molecule has 26 heavy (non-hydrogen) atoms. The number of nitrogens with zero attached hydrogens (tertiary/aromatic N) is 3. The number of nitrogens with one attached hydrogen (secondary N) is 1. The SMILES string of the molecule is CCCc1ccc(/C=N/N(CC)c2cc(=O)n(C)c(=O)[nH]2)cc1CCC. The van der Waals surface area contributed by atoms with Gasteiger partial charge >= 0.3 is 5.69 Å². The number of rotatable bonds is 8. The molecule has 2 aromatic rings. The number of hydrogen-bond acceptors (Lipinski definition) is 4. The number of aryl methyl sites for hydroxylation is 2. The van der Waals surface area contributed by atoms with E-state index in [2.05, 4.69) is 42.1 Å². The molecule has 6 heteroatoms. The van der Waals surface area contributed by atoms with Gasteiger partial charge in [0.2, 0.25) is 0 Å². The Morgan fingerprint density at radius 2 is 1.77 bits per heavy atom. The number of H-pyrrole nitrogens is 1. The van der Waals surface area contributed by atoms with E-state index < -0.39 is 5.69 Å². The third-order valence-corrected chi connectivity index (χ3v) is 4.32. The molecule has 0 radical (unpaired) electrons. The quantitative estimate of drug-likeness (QED) is 0.584. The van der Waals surface area contributed by atoms with Crippen molar-refractivity contribution in [2.45, 2.75) is 46.5 Å². The van der Waals surface area contributed by atoms with E-state index in [9.17, 15) is 9.59 Å². The number of aromatic nitrogens is 2. The highest BCUT2D eigenvalue weighted by Gasteiger charge is 2.07. The molecule has 0 aliphatic rings. The van der Waals surface area contributed by atoms with Gasteiger partial charge in [0.25, 0.3) is 5.56 Å². The number of anilines is 1. The molecule has 0 aliphatic carbocycles. The second kappa shape index (κ2) is 9.17. The minimum atomic E-state index is -0.449. The molecule has 0 spiro atoms. The van der Waals surface area contributed by atoms with Gasteiger partial charge in [0.15, 0.2) is 0 Å². The zero-order chi connectivity index (χ0) is 19.1. The van der Waals surface area contributed by atoms with Crippen LogP contribution in [0.5, 0.6) is 0 Å². The normalized spacial score (nSPS) is 11.2. The van der Waals surface area contributed by atoms with Gasteiger partial charge in [-0.25, -0.2) is 9.80 Å². The lowest BCUT2D eigenvalue weighted by molar-refractivity contribution is 0.756. The summed E-state index contributed by atoms with van der Waals surface area (Å²) in [7, 11) is 1.44. The van der Waals surface area contributed by atoms with Crippen molar-refractivity contribution in [3.05, 3.63) is 61.8 Å². The Hall–Kier alpha value is -2.63. The summed E-state index contributed by atoms with van der Waals surface area (Å²) >= 11 is 0. The second-order valence-corrected chi connectivity index (χ2v) is 6.35. The Kier molecular flexibility index (Phi) is 6.95. The molecule has 1 aromatic carbocycles. The second-order valence-electron chi connectivity index (χ2n) is 6.35. The van der Waals surface area contributed by atoms with Gasteiger partial charge in [-0.1, -0.05) is 38.8 Å². The summed E-state index contributed by atoms with van der Waals surface area (Å²) in [6, 6.07) is 7.80. The summed E-state index contributed by atoms with van der Waals surface area (Å²) in [5, 5.41) is 6.07. The predicted octanol–water partition coefficient (Wildman–Crippen LogP) is 2.84. The average Bonchev–Trinajstić information content (AvgIpc) is 2.62. The van der Waals surface area contributed by atoms with Gasteiger partial charge in [-0.15, -0.1) is 0 Å². The summed E-state index contributed by atoms with van der Waals surface area (Å²) in [5.41, 5.74) is 2.97. The summed E-state index contributed by atoms with van der Waals surface area (Å²) in [5.74, 6) is 0.397. The Labute approximate surface area is 154 Å². The van der Waals surface area contributed by atoms with Gasteiger partial charge in [0, 0.05) is 19.7 Å². The molecule has 140 valence electrons. The zero-order valence-corrected chi connectivity index (χ0v) is 16.1. The van der Waals surface area contributed by atoms with E-state index in [1.807, 2.05) is 6.92 Å². The highest BCUT2D eigenvalue weighted by molar-refractivity contribution is 5.80. The van der Waals surface area contributed by atoms with Crippen molar-refractivity contribution in [3.63, 3.8) is 0 Å². The third kappa shape index (κ3) is 4.71. The van der Waals surface area contributed by atoms with Gasteiger partial charge in [-0.2, -0.15) is 5.10 Å². The van der Waals surface area contributed by atoms with Crippen molar-refractivity contribution >= 4 is 12.0 Å². The molecule has 0 saturated heterocycles. The number of hydrogen-bond donors (Lipinski definition) is 1. The van der Waals surface area contributed by atoms with Crippen LogP contribution in [0.4, 0.5) is 5.82 Å². The molecule has 0 atom stereocenters. The lowest BCUT2D eigenvalue weighted by Crippen LogP contribution is -2.34. The van der Waals surface area contributed by atoms with E-state index in [0.29, 0.717) is 12.4 Å². The number of hydrazone groups is 1. The first kappa shape index (κ1) is 19.7. The first-order chi connectivity index (χ1) is 12.5. The molecule has 0 amide bonds. The van der Waals surface area contributed by atoms with Gasteiger partial charge in [0.05, 0.1) is 6.21 Å². The Balaban J connectivity index is 2.30. The van der Waals surface area contributed by atoms with E-state index in [4.69, 9.17) is 0 Å². The van der Waals surface area contributed by atoms with Gasteiger partial charge in [-0.3, -0.25) is 14.3 Å². The number of aromatic amines is 1. The van der Waals surface area contributed by atoms with Crippen molar-refractivity contribution < 1.29 is 0 Å². The van der Waals surface area contributed by atoms with Crippen molar-refractivity contribution in [3.8, 4) is 0 Å². The fourth-order valence-electron chi connectivity index (χ4n) is 2.87. The van der Waals surface area contributed by atoms with Crippen molar-refractivity contribution in [2.75, 3.05) is 11.6 Å². The smallest absolute Gasteiger partial charge is 0.292 e. The first-order valence-electron chi connectivity index (χ1n) is 9.23. The maximum atomic E-state index is 11.8. The van der Waals surface area contributed by atoms with Crippen molar-refractivity contribution in [1.82, 2.24) is 9.55 Å². The molecule has 1 N–H and O–H groups in total. The molecule has 0 aliphatic heterocycles. The van der Waals surface area contributed by atoms with Crippen LogP contribution in [0.1, 0.15) is 50.3 Å². The van der Waals surface area contributed by atoms with Gasteiger partial charge in [0.1, 0.15) is 5.82 Å². The zero-order valence-electron chi connectivity index (χ0n) is 16.1. The van der Waals surface area contributed by atoms with E-state index in [-0.39, 0.29) is 5.56 Å². The molecule has 0 unspecified atom stereocenters. The van der Waals surface area contributed by atoms with E-state index in [1.54, 1.807) is 11.2 Å². The minimum Gasteiger partial charge on any atom is -0.292 e. The summed E-state index contributed by atoms with van der Waals surface area (Å²) in [6.07, 6.45) is 6.14. The highest BCUT2D eigenvalue weighted by Crippen LogP contribution is 2.16. The molecule has 1 heterocycles. The standard InChI is InChI=1S/C20H28N4O2/c1-5-8-16-11-10-15(12-17(16)9-6-2)14-21-24(7-3)18-13-19(25)23(4)20(26)22-18/h10-14H,5-9H2,1-4H3,(H,22,26)/b21-14+. The maximum absolute atomic E-state index is 11.8. The largest absolute Gasteiger partial charge is 0.329 e. The predicted molar refractivity (Wildman–Crippen MR) is 107 cm³/mol. The molecule has 6 nitrogen and oxygen atoms in total. The van der Waals surface area contributed by atoms with E-state index in [1.165, 1.54) is 24.2 Å². The van der Waals surface area contributed by atoms with Crippen LogP contribution in [0.15, 0.2) is 39.0 Å². The lowest BCUT2D eigenvalue weighted by Gasteiger charge is -2.16. The van der Waals surface area contributed by atoms with Crippen molar-refractivity contribution in [1.29, 1.82) is 0 Å². The van der Waals surface area contributed by atoms with Gasteiger partial charge < -0.3 is 0 Å². The molecular formula is C20H28N4O2. The van der Waals surface area contributed by atoms with Crippen LogP contribution < -0.4 is 16.3 Å². The topological polar surface area (TPSA) is 70.5 Å². The van der Waals surface area contributed by atoms with Crippen LogP contribution in [0.2, 0.25) is 0 Å². The maximum Gasteiger partial charge on any atom is 0.329 e. The lowest BCUT2D eigenvalue weighted by atomic mass is 9.97. The summed E-state index contributed by atoms with van der Waals surface area (Å²) in [6.45, 7) is 6.83. The molecule has 0 fully saturated rings. The number of benzene rings is 1. The van der Waals surface area contributed by atoms with Crippen LogP contribution in [-0.4, -0.2) is 22.3 Å². The van der Waals surface area contributed by atoms with E-state index in [0.717, 1.165) is 35.8 Å². The first-order valence-corrected chi connectivity index (χ1v) is 9.23. The summed E-state index contributed by atoms with van der Waals surface area (Å²) < 4.78 is 1.03. The molecule has 2 rings (SSSR count). The van der Waals surface area contributed by atoms with Crippen LogP contribution in [0, 0.1) is 0 Å². The fourth-order valence-corrected chi connectivity index (χ4v) is 2.87. The third-order valence-electron chi connectivity index (χ3n) is 4.32.